The highest BCUT2D eigenvalue weighted by Crippen LogP contribution is 2.28. The second-order valence-corrected chi connectivity index (χ2v) is 4.45. The molecule has 2 rings (SSSR count). The summed E-state index contributed by atoms with van der Waals surface area (Å²) >= 11 is 0. The third kappa shape index (κ3) is 4.60. The van der Waals surface area contributed by atoms with Gasteiger partial charge in [-0.1, -0.05) is 0 Å². The maximum atomic E-state index is 12.4. The second kappa shape index (κ2) is 6.99. The lowest BCUT2D eigenvalue weighted by molar-refractivity contribution is -0.137. The fourth-order valence-electron chi connectivity index (χ4n) is 1.70. The number of benzene rings is 1. The number of rotatable bonds is 5. The molecule has 122 valence electrons. The number of anilines is 1. The van der Waals surface area contributed by atoms with Crippen molar-refractivity contribution in [2.75, 3.05) is 19.6 Å². The smallest absolute Gasteiger partial charge is 0.417 e. The first-order valence-corrected chi connectivity index (χ1v) is 6.48. The quantitative estimate of drug-likeness (QED) is 0.674. The highest BCUT2D eigenvalue weighted by Gasteiger charge is 2.30. The third-order valence-corrected chi connectivity index (χ3v) is 2.86. The van der Waals surface area contributed by atoms with E-state index in [0.717, 1.165) is 12.3 Å². The first-order valence-electron chi connectivity index (χ1n) is 6.48. The normalized spacial score (nSPS) is 11.5. The number of hydrogen-bond donors (Lipinski definition) is 1. The van der Waals surface area contributed by atoms with E-state index in [-0.39, 0.29) is 5.82 Å². The highest BCUT2D eigenvalue weighted by molar-refractivity contribution is 5.81. The number of ether oxygens (including phenoxy) is 2. The van der Waals surface area contributed by atoms with Gasteiger partial charge in [-0.05, 0) is 24.3 Å². The molecule has 0 saturated carbocycles. The minimum absolute atomic E-state index is 0.198. The van der Waals surface area contributed by atoms with Crippen molar-refractivity contribution in [2.24, 2.45) is 5.10 Å². The van der Waals surface area contributed by atoms with Crippen molar-refractivity contribution in [1.82, 2.24) is 4.98 Å². The molecule has 0 atom stereocenters. The zero-order valence-electron chi connectivity index (χ0n) is 12.4. The lowest BCUT2D eigenvalue weighted by Crippen LogP contribution is -2.05. The van der Waals surface area contributed by atoms with Crippen LogP contribution in [0.1, 0.15) is 11.1 Å². The maximum absolute atomic E-state index is 12.4. The lowest BCUT2D eigenvalue weighted by atomic mass is 10.2. The Morgan fingerprint density at radius 3 is 2.22 bits per heavy atom. The Hall–Kier alpha value is -2.77. The third-order valence-electron chi connectivity index (χ3n) is 2.86. The van der Waals surface area contributed by atoms with Crippen molar-refractivity contribution in [3.63, 3.8) is 0 Å². The Morgan fingerprint density at radius 2 is 1.74 bits per heavy atom. The number of hydrazone groups is 1. The van der Waals surface area contributed by atoms with Crippen LogP contribution in [-0.2, 0) is 6.18 Å². The minimum Gasteiger partial charge on any atom is -0.497 e. The van der Waals surface area contributed by atoms with E-state index in [2.05, 4.69) is 15.5 Å². The molecule has 0 fully saturated rings. The molecule has 1 aromatic carbocycles. The molecule has 0 aliphatic rings. The number of alkyl halides is 3. The van der Waals surface area contributed by atoms with Gasteiger partial charge in [0.15, 0.2) is 0 Å². The van der Waals surface area contributed by atoms with Gasteiger partial charge in [0.1, 0.15) is 17.3 Å². The summed E-state index contributed by atoms with van der Waals surface area (Å²) in [6, 6.07) is 7.30. The van der Waals surface area contributed by atoms with Crippen LogP contribution >= 0.6 is 0 Å². The van der Waals surface area contributed by atoms with Crippen molar-refractivity contribution in [3.05, 3.63) is 47.7 Å². The molecule has 0 aliphatic carbocycles. The van der Waals surface area contributed by atoms with Crippen molar-refractivity contribution in [1.29, 1.82) is 0 Å². The van der Waals surface area contributed by atoms with Gasteiger partial charge in [0.25, 0.3) is 0 Å². The SMILES string of the molecule is COc1cc(/C=N\Nc2ccc(C(F)(F)F)cn2)cc(OC)c1. The Morgan fingerprint density at radius 1 is 1.09 bits per heavy atom. The van der Waals surface area contributed by atoms with Crippen LogP contribution in [0, 0.1) is 0 Å². The Labute approximate surface area is 130 Å². The maximum Gasteiger partial charge on any atom is 0.417 e. The molecule has 0 radical (unpaired) electrons. The predicted molar refractivity (Wildman–Crippen MR) is 80.0 cm³/mol. The molecule has 0 amide bonds. The molecule has 8 heteroatoms. The molecule has 23 heavy (non-hydrogen) atoms. The topological polar surface area (TPSA) is 55.7 Å². The average Bonchev–Trinajstić information content (AvgIpc) is 2.54. The molecule has 1 heterocycles. The summed E-state index contributed by atoms with van der Waals surface area (Å²) in [5, 5.41) is 3.92. The summed E-state index contributed by atoms with van der Waals surface area (Å²) in [6.45, 7) is 0. The van der Waals surface area contributed by atoms with Gasteiger partial charge >= 0.3 is 6.18 Å². The summed E-state index contributed by atoms with van der Waals surface area (Å²) in [6.07, 6.45) is -2.19. The van der Waals surface area contributed by atoms with Crippen LogP contribution in [0.5, 0.6) is 11.5 Å². The van der Waals surface area contributed by atoms with E-state index in [1.165, 1.54) is 26.5 Å². The molecule has 5 nitrogen and oxygen atoms in total. The fraction of sp³-hybridized carbons (Fsp3) is 0.200. The largest absolute Gasteiger partial charge is 0.497 e. The highest BCUT2D eigenvalue weighted by atomic mass is 19.4. The Balaban J connectivity index is 2.07. The van der Waals surface area contributed by atoms with E-state index >= 15 is 0 Å². The molecule has 0 bridgehead atoms. The van der Waals surface area contributed by atoms with Gasteiger partial charge in [-0.15, -0.1) is 0 Å². The molecule has 0 aliphatic heterocycles. The van der Waals surface area contributed by atoms with E-state index in [0.29, 0.717) is 17.1 Å². The van der Waals surface area contributed by atoms with Crippen LogP contribution in [0.3, 0.4) is 0 Å². The van der Waals surface area contributed by atoms with Gasteiger partial charge in [0.2, 0.25) is 0 Å². The van der Waals surface area contributed by atoms with E-state index in [4.69, 9.17) is 9.47 Å². The van der Waals surface area contributed by atoms with Crippen LogP contribution in [0.4, 0.5) is 19.0 Å². The minimum atomic E-state index is -4.41. The summed E-state index contributed by atoms with van der Waals surface area (Å²) in [5.74, 6) is 1.39. The molecule has 1 N–H and O–H groups in total. The number of hydrogen-bond acceptors (Lipinski definition) is 5. The van der Waals surface area contributed by atoms with Crippen LogP contribution in [0.15, 0.2) is 41.6 Å². The van der Waals surface area contributed by atoms with E-state index in [9.17, 15) is 13.2 Å². The molecule has 1 aromatic heterocycles. The predicted octanol–water partition coefficient (Wildman–Crippen LogP) is 3.56. The van der Waals surface area contributed by atoms with E-state index in [1.54, 1.807) is 18.2 Å². The van der Waals surface area contributed by atoms with Gasteiger partial charge < -0.3 is 9.47 Å². The van der Waals surface area contributed by atoms with Crippen LogP contribution < -0.4 is 14.9 Å². The summed E-state index contributed by atoms with van der Waals surface area (Å²) in [7, 11) is 3.06. The molecular formula is C15H14F3N3O2. The Kier molecular flexibility index (Phi) is 5.05. The number of nitrogens with one attached hydrogen (secondary N) is 1. The summed E-state index contributed by atoms with van der Waals surface area (Å²) < 4.78 is 47.5. The Bertz CT molecular complexity index is 663. The zero-order chi connectivity index (χ0) is 16.9. The van der Waals surface area contributed by atoms with Gasteiger partial charge in [0, 0.05) is 17.8 Å². The molecular weight excluding hydrogens is 311 g/mol. The molecule has 2 aromatic rings. The van der Waals surface area contributed by atoms with Crippen molar-refractivity contribution in [2.45, 2.75) is 6.18 Å². The van der Waals surface area contributed by atoms with E-state index < -0.39 is 11.7 Å². The fourth-order valence-corrected chi connectivity index (χ4v) is 1.70. The number of methoxy groups -OCH3 is 2. The van der Waals surface area contributed by atoms with Crippen LogP contribution in [0.2, 0.25) is 0 Å². The van der Waals surface area contributed by atoms with Gasteiger partial charge in [-0.2, -0.15) is 18.3 Å². The number of pyridine rings is 1. The number of halogens is 3. The van der Waals surface area contributed by atoms with Gasteiger partial charge in [-0.25, -0.2) is 4.98 Å². The van der Waals surface area contributed by atoms with Crippen LogP contribution in [0.25, 0.3) is 0 Å². The monoisotopic (exact) mass is 325 g/mol. The van der Waals surface area contributed by atoms with Crippen molar-refractivity contribution in [3.8, 4) is 11.5 Å². The van der Waals surface area contributed by atoms with Gasteiger partial charge in [0.05, 0.1) is 26.0 Å². The average molecular weight is 325 g/mol. The molecule has 0 unspecified atom stereocenters. The first kappa shape index (κ1) is 16.6. The molecule has 0 spiro atoms. The standard InChI is InChI=1S/C15H14F3N3O2/c1-22-12-5-10(6-13(7-12)23-2)8-20-21-14-4-3-11(9-19-14)15(16,17)18/h3-9H,1-2H3,(H,19,21)/b20-8-. The second-order valence-electron chi connectivity index (χ2n) is 4.45. The summed E-state index contributed by atoms with van der Waals surface area (Å²) in [5.41, 5.74) is 2.44. The van der Waals surface area contributed by atoms with E-state index in [1.807, 2.05) is 0 Å². The molecule has 0 saturated heterocycles. The lowest BCUT2D eigenvalue weighted by Gasteiger charge is -2.07. The zero-order valence-corrected chi connectivity index (χ0v) is 12.4. The van der Waals surface area contributed by atoms with Gasteiger partial charge in [-0.3, -0.25) is 5.43 Å². The first-order chi connectivity index (χ1) is 10.9. The number of nitrogens with zero attached hydrogens (tertiary/aromatic N) is 2. The van der Waals surface area contributed by atoms with Crippen LogP contribution in [-0.4, -0.2) is 25.4 Å². The summed E-state index contributed by atoms with van der Waals surface area (Å²) in [4.78, 5) is 3.65. The van der Waals surface area contributed by atoms with Crippen molar-refractivity contribution < 1.29 is 22.6 Å². The van der Waals surface area contributed by atoms with Crippen molar-refractivity contribution >= 4 is 12.0 Å². The number of aromatic nitrogens is 1.